The van der Waals surface area contributed by atoms with Crippen molar-refractivity contribution >= 4 is 11.6 Å². The molecule has 0 aromatic rings. The highest BCUT2D eigenvalue weighted by atomic mass is 35.5. The predicted octanol–water partition coefficient (Wildman–Crippen LogP) is 2.91. The van der Waals surface area contributed by atoms with Gasteiger partial charge < -0.3 is 0 Å². The minimum Gasteiger partial charge on any atom is -0.123 e. The monoisotopic (exact) mass is 146 g/mol. The normalized spacial score (nSPS) is 46.0. The van der Waals surface area contributed by atoms with Crippen LogP contribution in [0.5, 0.6) is 0 Å². The molecule has 0 amide bonds. The average Bonchev–Trinajstić information content (AvgIpc) is 1.81. The summed E-state index contributed by atoms with van der Waals surface area (Å²) in [6, 6.07) is 0. The summed E-state index contributed by atoms with van der Waals surface area (Å²) >= 11 is 5.94. The molecule has 0 N–H and O–H groups in total. The van der Waals surface area contributed by atoms with E-state index in [-0.39, 0.29) is 0 Å². The third kappa shape index (κ3) is 1.24. The number of halogens is 1. The fraction of sp³-hybridized carbons (Fsp3) is 1.00. The van der Waals surface area contributed by atoms with Crippen molar-refractivity contribution < 1.29 is 0 Å². The SMILES string of the molecule is CC(Cl)C1CC(C)C1C. The topological polar surface area (TPSA) is 0 Å². The number of alkyl halides is 1. The van der Waals surface area contributed by atoms with Gasteiger partial charge in [0.05, 0.1) is 0 Å². The molecule has 1 fully saturated rings. The minimum atomic E-state index is 0.385. The second-order valence-corrected chi connectivity index (χ2v) is 4.10. The van der Waals surface area contributed by atoms with Crippen molar-refractivity contribution in [1.29, 1.82) is 0 Å². The van der Waals surface area contributed by atoms with Crippen molar-refractivity contribution in [2.24, 2.45) is 17.8 Å². The van der Waals surface area contributed by atoms with Gasteiger partial charge in [-0.1, -0.05) is 13.8 Å². The van der Waals surface area contributed by atoms with E-state index in [1.165, 1.54) is 6.42 Å². The van der Waals surface area contributed by atoms with Crippen molar-refractivity contribution in [1.82, 2.24) is 0 Å². The van der Waals surface area contributed by atoms with Gasteiger partial charge in [-0.2, -0.15) is 0 Å². The standard InChI is InChI=1S/C8H15Cl/c1-5-4-8(6(5)2)7(3)9/h5-8H,4H2,1-3H3. The van der Waals surface area contributed by atoms with Crippen LogP contribution < -0.4 is 0 Å². The minimum absolute atomic E-state index is 0.385. The molecular weight excluding hydrogens is 132 g/mol. The van der Waals surface area contributed by atoms with E-state index in [0.29, 0.717) is 5.38 Å². The van der Waals surface area contributed by atoms with E-state index in [4.69, 9.17) is 11.6 Å². The Morgan fingerprint density at radius 3 is 2.11 bits per heavy atom. The Bertz CT molecular complexity index is 98.7. The van der Waals surface area contributed by atoms with Gasteiger partial charge in [-0.25, -0.2) is 0 Å². The smallest absolute Gasteiger partial charge is 0.0338 e. The van der Waals surface area contributed by atoms with E-state index >= 15 is 0 Å². The van der Waals surface area contributed by atoms with Crippen molar-refractivity contribution in [3.63, 3.8) is 0 Å². The van der Waals surface area contributed by atoms with E-state index in [1.807, 2.05) is 0 Å². The molecule has 0 saturated heterocycles. The van der Waals surface area contributed by atoms with E-state index in [2.05, 4.69) is 20.8 Å². The molecule has 1 rings (SSSR count). The lowest BCUT2D eigenvalue weighted by Crippen LogP contribution is -2.37. The first-order valence-corrected chi connectivity index (χ1v) is 4.20. The zero-order chi connectivity index (χ0) is 7.02. The predicted molar refractivity (Wildman–Crippen MR) is 41.8 cm³/mol. The Balaban J connectivity index is 2.33. The van der Waals surface area contributed by atoms with Gasteiger partial charge in [-0.05, 0) is 31.1 Å². The fourth-order valence-electron chi connectivity index (χ4n) is 1.69. The second kappa shape index (κ2) is 2.49. The molecular formula is C8H15Cl. The van der Waals surface area contributed by atoms with Crippen LogP contribution in [-0.2, 0) is 0 Å². The van der Waals surface area contributed by atoms with Gasteiger partial charge in [0.25, 0.3) is 0 Å². The van der Waals surface area contributed by atoms with Crippen LogP contribution in [0.1, 0.15) is 27.2 Å². The summed E-state index contributed by atoms with van der Waals surface area (Å²) in [4.78, 5) is 0. The van der Waals surface area contributed by atoms with Gasteiger partial charge in [0.15, 0.2) is 0 Å². The largest absolute Gasteiger partial charge is 0.123 e. The zero-order valence-corrected chi connectivity index (χ0v) is 7.15. The van der Waals surface area contributed by atoms with Crippen molar-refractivity contribution in [2.45, 2.75) is 32.6 Å². The Hall–Kier alpha value is 0.290. The summed E-state index contributed by atoms with van der Waals surface area (Å²) in [5, 5.41) is 0.385. The molecule has 1 heteroatoms. The van der Waals surface area contributed by atoms with Crippen LogP contribution in [0.15, 0.2) is 0 Å². The maximum Gasteiger partial charge on any atom is 0.0338 e. The summed E-state index contributed by atoms with van der Waals surface area (Å²) in [7, 11) is 0. The summed E-state index contributed by atoms with van der Waals surface area (Å²) in [6.07, 6.45) is 1.34. The van der Waals surface area contributed by atoms with Crippen molar-refractivity contribution in [3.05, 3.63) is 0 Å². The molecule has 0 spiro atoms. The molecule has 0 radical (unpaired) electrons. The summed E-state index contributed by atoms with van der Waals surface area (Å²) < 4.78 is 0. The fourth-order valence-corrected chi connectivity index (χ4v) is 2.02. The third-order valence-electron chi connectivity index (χ3n) is 2.81. The second-order valence-electron chi connectivity index (χ2n) is 3.41. The maximum atomic E-state index is 5.94. The third-order valence-corrected chi connectivity index (χ3v) is 3.13. The molecule has 4 atom stereocenters. The van der Waals surface area contributed by atoms with Gasteiger partial charge in [-0.15, -0.1) is 11.6 Å². The van der Waals surface area contributed by atoms with E-state index in [0.717, 1.165) is 17.8 Å². The molecule has 1 aliphatic carbocycles. The highest BCUT2D eigenvalue weighted by Gasteiger charge is 2.36. The lowest BCUT2D eigenvalue weighted by molar-refractivity contribution is 0.103. The Morgan fingerprint density at radius 2 is 2.00 bits per heavy atom. The first-order chi connectivity index (χ1) is 4.13. The molecule has 54 valence electrons. The molecule has 1 saturated carbocycles. The van der Waals surface area contributed by atoms with Gasteiger partial charge in [0, 0.05) is 5.38 Å². The van der Waals surface area contributed by atoms with Crippen LogP contribution in [0, 0.1) is 17.8 Å². The van der Waals surface area contributed by atoms with Crippen LogP contribution in [0.4, 0.5) is 0 Å². The summed E-state index contributed by atoms with van der Waals surface area (Å²) in [5.74, 6) is 2.57. The molecule has 0 aromatic heterocycles. The summed E-state index contributed by atoms with van der Waals surface area (Å²) in [6.45, 7) is 6.72. The van der Waals surface area contributed by atoms with Gasteiger partial charge in [0.2, 0.25) is 0 Å². The van der Waals surface area contributed by atoms with Crippen LogP contribution >= 0.6 is 11.6 Å². The number of hydrogen-bond donors (Lipinski definition) is 0. The molecule has 0 aromatic carbocycles. The number of rotatable bonds is 1. The molecule has 9 heavy (non-hydrogen) atoms. The molecule has 0 heterocycles. The van der Waals surface area contributed by atoms with Crippen molar-refractivity contribution in [3.8, 4) is 0 Å². The number of hydrogen-bond acceptors (Lipinski definition) is 0. The van der Waals surface area contributed by atoms with Gasteiger partial charge >= 0.3 is 0 Å². The Labute approximate surface area is 62.6 Å². The van der Waals surface area contributed by atoms with Crippen molar-refractivity contribution in [2.75, 3.05) is 0 Å². The Morgan fingerprint density at radius 1 is 1.44 bits per heavy atom. The van der Waals surface area contributed by atoms with Gasteiger partial charge in [-0.3, -0.25) is 0 Å². The maximum absolute atomic E-state index is 5.94. The van der Waals surface area contributed by atoms with Crippen LogP contribution in [0.3, 0.4) is 0 Å². The van der Waals surface area contributed by atoms with E-state index in [9.17, 15) is 0 Å². The molecule has 1 aliphatic rings. The molecule has 0 bridgehead atoms. The van der Waals surface area contributed by atoms with Crippen LogP contribution in [0.25, 0.3) is 0 Å². The quantitative estimate of drug-likeness (QED) is 0.499. The van der Waals surface area contributed by atoms with E-state index < -0.39 is 0 Å². The molecule has 0 aliphatic heterocycles. The van der Waals surface area contributed by atoms with Crippen LogP contribution in [0.2, 0.25) is 0 Å². The highest BCUT2D eigenvalue weighted by molar-refractivity contribution is 6.20. The first-order valence-electron chi connectivity index (χ1n) is 3.77. The summed E-state index contributed by atoms with van der Waals surface area (Å²) in [5.41, 5.74) is 0. The van der Waals surface area contributed by atoms with Crippen LogP contribution in [-0.4, -0.2) is 5.38 Å². The Kier molecular flexibility index (Phi) is 2.05. The first kappa shape index (κ1) is 7.40. The zero-order valence-electron chi connectivity index (χ0n) is 6.39. The molecule has 0 nitrogen and oxygen atoms in total. The average molecular weight is 147 g/mol. The highest BCUT2D eigenvalue weighted by Crippen LogP contribution is 2.43. The van der Waals surface area contributed by atoms with E-state index in [1.54, 1.807) is 0 Å². The van der Waals surface area contributed by atoms with Gasteiger partial charge in [0.1, 0.15) is 0 Å². The lowest BCUT2D eigenvalue weighted by atomic mass is 9.65. The lowest BCUT2D eigenvalue weighted by Gasteiger charge is -2.42. The molecule has 4 unspecified atom stereocenters.